The lowest BCUT2D eigenvalue weighted by molar-refractivity contribution is -0.141. The summed E-state index contributed by atoms with van der Waals surface area (Å²) in [6, 6.07) is -4.04. The number of rotatable bonds is 10. The predicted octanol–water partition coefficient (Wildman–Crippen LogP) is -2.21. The monoisotopic (exact) mass is 400 g/mol. The molecule has 0 fully saturated rings. The number of carboxylic acid groups (broad SMARTS) is 1. The van der Waals surface area contributed by atoms with Crippen molar-refractivity contribution >= 4 is 36.3 Å². The van der Waals surface area contributed by atoms with E-state index in [0.717, 1.165) is 0 Å². The van der Waals surface area contributed by atoms with Crippen LogP contribution in [-0.2, 0) is 25.6 Å². The third-order valence-electron chi connectivity index (χ3n) is 3.63. The van der Waals surface area contributed by atoms with Crippen LogP contribution in [0.4, 0.5) is 0 Å². The summed E-state index contributed by atoms with van der Waals surface area (Å²) in [5, 5.41) is 16.0. The molecule has 3 amide bonds. The SMILES string of the molecule is CC(NC(=O)C(C)NC(=O)C(Cc1cnc[nH]1)NC(=O)C(N)CS)C(=O)O. The van der Waals surface area contributed by atoms with Gasteiger partial charge in [0.15, 0.2) is 0 Å². The molecule has 0 saturated carbocycles. The normalized spacial score (nSPS) is 15.1. The van der Waals surface area contributed by atoms with Gasteiger partial charge in [-0.2, -0.15) is 12.6 Å². The number of H-pyrrole nitrogens is 1. The fourth-order valence-corrected chi connectivity index (χ4v) is 2.13. The quantitative estimate of drug-likeness (QED) is 0.217. The topological polar surface area (TPSA) is 179 Å². The van der Waals surface area contributed by atoms with Crippen molar-refractivity contribution in [3.63, 3.8) is 0 Å². The number of imidazole rings is 1. The van der Waals surface area contributed by atoms with Gasteiger partial charge in [0.25, 0.3) is 0 Å². The Labute approximate surface area is 161 Å². The lowest BCUT2D eigenvalue weighted by Crippen LogP contribution is -2.56. The predicted molar refractivity (Wildman–Crippen MR) is 98.9 cm³/mol. The summed E-state index contributed by atoms with van der Waals surface area (Å²) in [5.74, 6) is -2.98. The Morgan fingerprint density at radius 3 is 2.30 bits per heavy atom. The van der Waals surface area contributed by atoms with Gasteiger partial charge in [-0.3, -0.25) is 19.2 Å². The molecular weight excluding hydrogens is 376 g/mol. The number of nitrogens with two attached hydrogens (primary N) is 1. The Hall–Kier alpha value is -2.60. The molecule has 1 heterocycles. The molecule has 1 rings (SSSR count). The van der Waals surface area contributed by atoms with E-state index in [0.29, 0.717) is 5.69 Å². The summed E-state index contributed by atoms with van der Waals surface area (Å²) in [5.41, 5.74) is 6.20. The van der Waals surface area contributed by atoms with E-state index in [1.807, 2.05) is 0 Å². The van der Waals surface area contributed by atoms with E-state index in [-0.39, 0.29) is 12.2 Å². The molecule has 150 valence electrons. The molecule has 7 N–H and O–H groups in total. The van der Waals surface area contributed by atoms with Crippen LogP contribution in [0.5, 0.6) is 0 Å². The van der Waals surface area contributed by atoms with Gasteiger partial charge in [-0.1, -0.05) is 0 Å². The number of carbonyl (C=O) groups excluding carboxylic acids is 3. The first-order valence-corrected chi connectivity index (χ1v) is 8.76. The lowest BCUT2D eigenvalue weighted by atomic mass is 10.1. The second-order valence-electron chi connectivity index (χ2n) is 5.93. The van der Waals surface area contributed by atoms with Crippen LogP contribution in [0.2, 0.25) is 0 Å². The first kappa shape index (κ1) is 22.4. The third kappa shape index (κ3) is 7.27. The molecular formula is C15H24N6O5S. The highest BCUT2D eigenvalue weighted by molar-refractivity contribution is 7.80. The van der Waals surface area contributed by atoms with E-state index < -0.39 is 47.9 Å². The number of hydrogen-bond acceptors (Lipinski definition) is 7. The molecule has 0 aliphatic heterocycles. The number of nitrogens with one attached hydrogen (secondary N) is 4. The molecule has 0 aromatic carbocycles. The van der Waals surface area contributed by atoms with Crippen molar-refractivity contribution in [1.29, 1.82) is 0 Å². The average Bonchev–Trinajstić information content (AvgIpc) is 3.12. The van der Waals surface area contributed by atoms with Crippen molar-refractivity contribution < 1.29 is 24.3 Å². The van der Waals surface area contributed by atoms with Gasteiger partial charge in [0.1, 0.15) is 18.1 Å². The number of carbonyl (C=O) groups is 4. The number of carboxylic acids is 1. The van der Waals surface area contributed by atoms with Gasteiger partial charge in [-0.15, -0.1) is 0 Å². The highest BCUT2D eigenvalue weighted by atomic mass is 32.1. The first-order chi connectivity index (χ1) is 12.6. The molecule has 1 aromatic rings. The molecule has 12 heteroatoms. The van der Waals surface area contributed by atoms with Crippen LogP contribution in [0.15, 0.2) is 12.5 Å². The number of aromatic nitrogens is 2. The standard InChI is InChI=1S/C15H24N6O5S/c1-7(12(22)20-8(2)15(25)26)19-14(24)11(3-9-4-17-6-18-9)21-13(23)10(16)5-27/h4,6-8,10-11,27H,3,5,16H2,1-2H3,(H,17,18)(H,19,24)(H,20,22)(H,21,23)(H,25,26). The van der Waals surface area contributed by atoms with Crippen LogP contribution in [0, 0.1) is 0 Å². The maximum absolute atomic E-state index is 12.5. The third-order valence-corrected chi connectivity index (χ3v) is 4.02. The fraction of sp³-hybridized carbons (Fsp3) is 0.533. The molecule has 27 heavy (non-hydrogen) atoms. The van der Waals surface area contributed by atoms with Crippen LogP contribution < -0.4 is 21.7 Å². The van der Waals surface area contributed by atoms with Gasteiger partial charge in [-0.05, 0) is 13.8 Å². The summed E-state index contributed by atoms with van der Waals surface area (Å²) in [6.45, 7) is 2.70. The zero-order valence-electron chi connectivity index (χ0n) is 14.9. The molecule has 0 bridgehead atoms. The van der Waals surface area contributed by atoms with E-state index in [1.165, 1.54) is 26.4 Å². The van der Waals surface area contributed by atoms with Gasteiger partial charge < -0.3 is 31.8 Å². The Kier molecular flexibility index (Phi) is 8.75. The number of nitrogens with zero attached hydrogens (tertiary/aromatic N) is 1. The molecule has 0 saturated heterocycles. The molecule has 0 spiro atoms. The van der Waals surface area contributed by atoms with E-state index in [4.69, 9.17) is 10.8 Å². The molecule has 0 aliphatic carbocycles. The summed E-state index contributed by atoms with van der Waals surface area (Å²) >= 11 is 3.95. The Bertz CT molecular complexity index is 668. The van der Waals surface area contributed by atoms with Gasteiger partial charge in [0.05, 0.1) is 12.4 Å². The fourth-order valence-electron chi connectivity index (χ4n) is 1.97. The van der Waals surface area contributed by atoms with Crippen molar-refractivity contribution in [2.45, 2.75) is 44.4 Å². The van der Waals surface area contributed by atoms with Gasteiger partial charge in [-0.25, -0.2) is 4.98 Å². The number of thiol groups is 1. The summed E-state index contributed by atoms with van der Waals surface area (Å²) in [7, 11) is 0. The molecule has 1 aromatic heterocycles. The second-order valence-corrected chi connectivity index (χ2v) is 6.30. The molecule has 11 nitrogen and oxygen atoms in total. The minimum Gasteiger partial charge on any atom is -0.480 e. The van der Waals surface area contributed by atoms with E-state index in [9.17, 15) is 19.2 Å². The van der Waals surface area contributed by atoms with Crippen LogP contribution in [0.1, 0.15) is 19.5 Å². The second kappa shape index (κ2) is 10.5. The maximum Gasteiger partial charge on any atom is 0.325 e. The highest BCUT2D eigenvalue weighted by Gasteiger charge is 2.27. The number of aliphatic carboxylic acids is 1. The first-order valence-electron chi connectivity index (χ1n) is 8.13. The zero-order valence-corrected chi connectivity index (χ0v) is 15.8. The summed E-state index contributed by atoms with van der Waals surface area (Å²) in [6.07, 6.45) is 3.02. The van der Waals surface area contributed by atoms with Crippen molar-refractivity contribution in [2.75, 3.05) is 5.75 Å². The zero-order chi connectivity index (χ0) is 20.6. The van der Waals surface area contributed by atoms with Crippen molar-refractivity contribution in [2.24, 2.45) is 5.73 Å². The van der Waals surface area contributed by atoms with Crippen molar-refractivity contribution in [3.8, 4) is 0 Å². The molecule has 4 atom stereocenters. The highest BCUT2D eigenvalue weighted by Crippen LogP contribution is 2.01. The Balaban J connectivity index is 2.78. The smallest absolute Gasteiger partial charge is 0.325 e. The summed E-state index contributed by atoms with van der Waals surface area (Å²) < 4.78 is 0. The van der Waals surface area contributed by atoms with E-state index in [1.54, 1.807) is 0 Å². The largest absolute Gasteiger partial charge is 0.480 e. The van der Waals surface area contributed by atoms with Gasteiger partial charge in [0.2, 0.25) is 17.7 Å². The number of hydrogen-bond donors (Lipinski definition) is 7. The van der Waals surface area contributed by atoms with Crippen LogP contribution in [0.25, 0.3) is 0 Å². The van der Waals surface area contributed by atoms with E-state index >= 15 is 0 Å². The Morgan fingerprint density at radius 2 is 1.78 bits per heavy atom. The minimum atomic E-state index is -1.20. The lowest BCUT2D eigenvalue weighted by Gasteiger charge is -2.22. The minimum absolute atomic E-state index is 0.0934. The van der Waals surface area contributed by atoms with Crippen molar-refractivity contribution in [1.82, 2.24) is 25.9 Å². The van der Waals surface area contributed by atoms with Gasteiger partial charge in [0, 0.05) is 24.1 Å². The average molecular weight is 400 g/mol. The van der Waals surface area contributed by atoms with Crippen LogP contribution >= 0.6 is 12.6 Å². The maximum atomic E-state index is 12.5. The van der Waals surface area contributed by atoms with Gasteiger partial charge >= 0.3 is 5.97 Å². The number of aromatic amines is 1. The van der Waals surface area contributed by atoms with Crippen molar-refractivity contribution in [3.05, 3.63) is 18.2 Å². The van der Waals surface area contributed by atoms with E-state index in [2.05, 4.69) is 38.5 Å². The van der Waals surface area contributed by atoms with Crippen LogP contribution in [-0.4, -0.2) is 68.7 Å². The number of amides is 3. The molecule has 0 radical (unpaired) electrons. The van der Waals surface area contributed by atoms with Crippen LogP contribution in [0.3, 0.4) is 0 Å². The Morgan fingerprint density at radius 1 is 1.15 bits per heavy atom. The molecule has 0 aliphatic rings. The summed E-state index contributed by atoms with van der Waals surface area (Å²) in [4.78, 5) is 54.0. The molecule has 4 unspecified atom stereocenters.